The van der Waals surface area contributed by atoms with E-state index >= 15 is 0 Å². The highest BCUT2D eigenvalue weighted by Crippen LogP contribution is 2.28. The van der Waals surface area contributed by atoms with Crippen LogP contribution in [0.1, 0.15) is 37.3 Å². The number of rotatable bonds is 1. The minimum atomic E-state index is 0.401. The molecule has 1 N–H and O–H groups in total. The van der Waals surface area contributed by atoms with Crippen LogP contribution in [0.3, 0.4) is 0 Å². The maximum Gasteiger partial charge on any atom is 0.115 e. The summed E-state index contributed by atoms with van der Waals surface area (Å²) in [6, 6.07) is 5.84. The second-order valence-corrected chi connectivity index (χ2v) is 4.76. The molecule has 1 aliphatic heterocycles. The van der Waals surface area contributed by atoms with Gasteiger partial charge in [0.2, 0.25) is 0 Å². The van der Waals surface area contributed by atoms with E-state index in [9.17, 15) is 5.11 Å². The van der Waals surface area contributed by atoms with Gasteiger partial charge in [-0.1, -0.05) is 19.9 Å². The minimum absolute atomic E-state index is 0.401. The topological polar surface area (TPSA) is 23.5 Å². The summed E-state index contributed by atoms with van der Waals surface area (Å²) in [4.78, 5) is 2.51. The molecule has 2 nitrogen and oxygen atoms in total. The first kappa shape index (κ1) is 11.5. The van der Waals surface area contributed by atoms with E-state index in [0.29, 0.717) is 11.7 Å². The molecule has 0 amide bonds. The molecule has 0 aliphatic carbocycles. The second-order valence-electron chi connectivity index (χ2n) is 4.76. The van der Waals surface area contributed by atoms with Crippen molar-refractivity contribution in [2.75, 3.05) is 19.6 Å². The summed E-state index contributed by atoms with van der Waals surface area (Å²) < 4.78 is 0. The summed E-state index contributed by atoms with van der Waals surface area (Å²) in [5, 5.41) is 9.56. The molecule has 0 saturated heterocycles. The Morgan fingerprint density at radius 1 is 1.38 bits per heavy atom. The number of nitrogens with zero attached hydrogens (tertiary/aromatic N) is 1. The van der Waals surface area contributed by atoms with E-state index in [1.807, 2.05) is 12.1 Å². The minimum Gasteiger partial charge on any atom is -0.508 e. The van der Waals surface area contributed by atoms with Crippen molar-refractivity contribution in [3.8, 4) is 5.75 Å². The predicted octanol–water partition coefficient (Wildman–Crippen LogP) is 2.76. The average molecular weight is 219 g/mol. The van der Waals surface area contributed by atoms with Gasteiger partial charge >= 0.3 is 0 Å². The normalized spacial score (nSPS) is 22.2. The standard InChI is InChI=1S/C14H21NO/c1-3-15-8-6-11(2)14-10-13(16)5-4-12(14)7-9-15/h4-5,10-11,16H,3,6-9H2,1-2H3/t11-/m0/s1. The molecule has 0 saturated carbocycles. The molecule has 0 bridgehead atoms. The Balaban J connectivity index is 2.26. The summed E-state index contributed by atoms with van der Waals surface area (Å²) in [6.45, 7) is 7.94. The van der Waals surface area contributed by atoms with Crippen molar-refractivity contribution in [3.05, 3.63) is 29.3 Å². The molecule has 0 radical (unpaired) electrons. The number of phenols is 1. The van der Waals surface area contributed by atoms with Gasteiger partial charge in [0.1, 0.15) is 5.75 Å². The third-order valence-electron chi connectivity index (χ3n) is 3.68. The first-order chi connectivity index (χ1) is 7.70. The lowest BCUT2D eigenvalue weighted by Crippen LogP contribution is -2.29. The Morgan fingerprint density at radius 3 is 2.94 bits per heavy atom. The molecule has 0 aromatic heterocycles. The molecular weight excluding hydrogens is 198 g/mol. The van der Waals surface area contributed by atoms with Gasteiger partial charge < -0.3 is 10.0 Å². The maximum absolute atomic E-state index is 9.56. The summed E-state index contributed by atoms with van der Waals surface area (Å²) in [6.07, 6.45) is 2.29. The molecule has 1 aromatic rings. The van der Waals surface area contributed by atoms with Crippen LogP contribution in [0.15, 0.2) is 18.2 Å². The highest BCUT2D eigenvalue weighted by atomic mass is 16.3. The van der Waals surface area contributed by atoms with Gasteiger partial charge in [-0.3, -0.25) is 0 Å². The van der Waals surface area contributed by atoms with Gasteiger partial charge in [0, 0.05) is 6.54 Å². The highest BCUT2D eigenvalue weighted by Gasteiger charge is 2.16. The molecule has 0 unspecified atom stereocenters. The van der Waals surface area contributed by atoms with Crippen molar-refractivity contribution < 1.29 is 5.11 Å². The van der Waals surface area contributed by atoms with Crippen LogP contribution in [0, 0.1) is 0 Å². The molecule has 16 heavy (non-hydrogen) atoms. The summed E-state index contributed by atoms with van der Waals surface area (Å²) in [5.74, 6) is 0.954. The van der Waals surface area contributed by atoms with Crippen LogP contribution in [-0.2, 0) is 6.42 Å². The van der Waals surface area contributed by atoms with E-state index in [1.165, 1.54) is 24.1 Å². The summed E-state index contributed by atoms with van der Waals surface area (Å²) >= 11 is 0. The Labute approximate surface area is 97.9 Å². The lowest BCUT2D eigenvalue weighted by atomic mass is 9.89. The van der Waals surface area contributed by atoms with Crippen LogP contribution < -0.4 is 0 Å². The zero-order valence-electron chi connectivity index (χ0n) is 10.2. The van der Waals surface area contributed by atoms with Crippen LogP contribution in [0.5, 0.6) is 5.75 Å². The van der Waals surface area contributed by atoms with Gasteiger partial charge in [-0.05, 0) is 55.1 Å². The number of phenolic OH excluding ortho intramolecular Hbond substituents is 1. The van der Waals surface area contributed by atoms with Gasteiger partial charge in [0.15, 0.2) is 0 Å². The SMILES string of the molecule is CCN1CCc2ccc(O)cc2[C@@H](C)CC1. The van der Waals surface area contributed by atoms with Crippen LogP contribution >= 0.6 is 0 Å². The van der Waals surface area contributed by atoms with Crippen molar-refractivity contribution in [2.45, 2.75) is 32.6 Å². The van der Waals surface area contributed by atoms with E-state index in [-0.39, 0.29) is 0 Å². The zero-order valence-corrected chi connectivity index (χ0v) is 10.2. The fraction of sp³-hybridized carbons (Fsp3) is 0.571. The van der Waals surface area contributed by atoms with E-state index in [0.717, 1.165) is 19.5 Å². The molecular formula is C14H21NO. The molecule has 88 valence electrons. The average Bonchev–Trinajstić information content (AvgIpc) is 2.28. The maximum atomic E-state index is 9.56. The Bertz CT molecular complexity index is 362. The van der Waals surface area contributed by atoms with Gasteiger partial charge in [-0.15, -0.1) is 0 Å². The van der Waals surface area contributed by atoms with Crippen molar-refractivity contribution in [2.24, 2.45) is 0 Å². The van der Waals surface area contributed by atoms with Crippen LogP contribution in [-0.4, -0.2) is 29.6 Å². The first-order valence-corrected chi connectivity index (χ1v) is 6.25. The number of likely N-dealkylation sites (N-methyl/N-ethyl adjacent to an activating group) is 1. The monoisotopic (exact) mass is 219 g/mol. The number of hydrogen-bond donors (Lipinski definition) is 1. The quantitative estimate of drug-likeness (QED) is 0.785. The number of fused-ring (bicyclic) bond motifs is 1. The molecule has 1 aromatic carbocycles. The van der Waals surface area contributed by atoms with Crippen molar-refractivity contribution in [3.63, 3.8) is 0 Å². The van der Waals surface area contributed by atoms with Crippen LogP contribution in [0.2, 0.25) is 0 Å². The lowest BCUT2D eigenvalue weighted by Gasteiger charge is -2.27. The van der Waals surface area contributed by atoms with Crippen molar-refractivity contribution >= 4 is 0 Å². The molecule has 0 fully saturated rings. The number of hydrogen-bond acceptors (Lipinski definition) is 2. The molecule has 1 atom stereocenters. The molecule has 0 spiro atoms. The van der Waals surface area contributed by atoms with E-state index < -0.39 is 0 Å². The fourth-order valence-electron chi connectivity index (χ4n) is 2.51. The fourth-order valence-corrected chi connectivity index (χ4v) is 2.51. The Kier molecular flexibility index (Phi) is 3.49. The lowest BCUT2D eigenvalue weighted by molar-refractivity contribution is 0.274. The molecule has 1 heterocycles. The van der Waals surface area contributed by atoms with Crippen molar-refractivity contribution in [1.82, 2.24) is 4.90 Å². The van der Waals surface area contributed by atoms with E-state index in [1.54, 1.807) is 0 Å². The van der Waals surface area contributed by atoms with Crippen molar-refractivity contribution in [1.29, 1.82) is 0 Å². The van der Waals surface area contributed by atoms with Crippen LogP contribution in [0.25, 0.3) is 0 Å². The zero-order chi connectivity index (χ0) is 11.5. The first-order valence-electron chi connectivity index (χ1n) is 6.25. The van der Waals surface area contributed by atoms with Gasteiger partial charge in [-0.2, -0.15) is 0 Å². The largest absolute Gasteiger partial charge is 0.508 e. The third-order valence-corrected chi connectivity index (χ3v) is 3.68. The van der Waals surface area contributed by atoms with Crippen LogP contribution in [0.4, 0.5) is 0 Å². The third kappa shape index (κ3) is 2.38. The Hall–Kier alpha value is -1.02. The molecule has 2 heteroatoms. The summed E-state index contributed by atoms with van der Waals surface area (Å²) in [5.41, 5.74) is 2.75. The Morgan fingerprint density at radius 2 is 2.19 bits per heavy atom. The van der Waals surface area contributed by atoms with Gasteiger partial charge in [0.05, 0.1) is 0 Å². The van der Waals surface area contributed by atoms with E-state index in [4.69, 9.17) is 0 Å². The van der Waals surface area contributed by atoms with E-state index in [2.05, 4.69) is 24.8 Å². The number of benzene rings is 1. The van der Waals surface area contributed by atoms with Gasteiger partial charge in [0.25, 0.3) is 0 Å². The predicted molar refractivity (Wildman–Crippen MR) is 67.0 cm³/mol. The van der Waals surface area contributed by atoms with Gasteiger partial charge in [-0.25, -0.2) is 0 Å². The smallest absolute Gasteiger partial charge is 0.115 e. The molecule has 1 aliphatic rings. The molecule has 2 rings (SSSR count). The highest BCUT2D eigenvalue weighted by molar-refractivity contribution is 5.37. The second kappa shape index (κ2) is 4.88. The number of aromatic hydroxyl groups is 1. The summed E-state index contributed by atoms with van der Waals surface area (Å²) in [7, 11) is 0.